The highest BCUT2D eigenvalue weighted by atomic mass is 35.5. The summed E-state index contributed by atoms with van der Waals surface area (Å²) in [5.41, 5.74) is 0.150. The van der Waals surface area contributed by atoms with Crippen molar-refractivity contribution in [1.29, 1.82) is 0 Å². The normalized spacial score (nSPS) is 17.3. The summed E-state index contributed by atoms with van der Waals surface area (Å²) in [4.78, 5) is 26.5. The zero-order valence-corrected chi connectivity index (χ0v) is 17.1. The molecule has 1 aliphatic heterocycles. The molecule has 1 amide bonds. The maximum atomic E-state index is 12.8. The van der Waals surface area contributed by atoms with Crippen LogP contribution in [0.5, 0.6) is 0 Å². The Morgan fingerprint density at radius 1 is 1.41 bits per heavy atom. The van der Waals surface area contributed by atoms with Gasteiger partial charge in [0.25, 0.3) is 5.91 Å². The second-order valence-corrected chi connectivity index (χ2v) is 9.49. The summed E-state index contributed by atoms with van der Waals surface area (Å²) in [6.45, 7) is 6.96. The van der Waals surface area contributed by atoms with E-state index in [4.69, 9.17) is 16.7 Å². The molecule has 0 aliphatic carbocycles. The first-order chi connectivity index (χ1) is 12.6. The Balaban J connectivity index is 1.84. The fraction of sp³-hybridized carbons (Fsp3) is 0.500. The van der Waals surface area contributed by atoms with Gasteiger partial charge in [-0.1, -0.05) is 32.4 Å². The van der Waals surface area contributed by atoms with Crippen molar-refractivity contribution in [3.8, 4) is 0 Å². The molecule has 0 spiro atoms. The predicted octanol–water partition coefficient (Wildman–Crippen LogP) is 4.36. The number of amides is 1. The van der Waals surface area contributed by atoms with Crippen LogP contribution in [-0.4, -0.2) is 44.9 Å². The van der Waals surface area contributed by atoms with E-state index in [2.05, 4.69) is 10.4 Å². The number of nitrogens with zero attached hydrogens (tertiary/aromatic N) is 3. The minimum absolute atomic E-state index is 0.00755. The van der Waals surface area contributed by atoms with Crippen molar-refractivity contribution < 1.29 is 14.7 Å². The number of halogens is 1. The summed E-state index contributed by atoms with van der Waals surface area (Å²) in [6, 6.07) is 5.63. The number of carbonyl (C=O) groups excluding carboxylic acids is 1. The van der Waals surface area contributed by atoms with E-state index in [-0.39, 0.29) is 11.8 Å². The van der Waals surface area contributed by atoms with Crippen LogP contribution in [0.1, 0.15) is 48.5 Å². The highest BCUT2D eigenvalue weighted by Gasteiger charge is 2.32. The van der Waals surface area contributed by atoms with Crippen molar-refractivity contribution in [2.24, 2.45) is 5.41 Å². The number of anilines is 1. The Morgan fingerprint density at radius 3 is 2.70 bits per heavy atom. The number of nitrogens with one attached hydrogen (secondary N) is 1. The smallest absolute Gasteiger partial charge is 0.407 e. The Kier molecular flexibility index (Phi) is 5.48. The monoisotopic (exact) mass is 410 g/mol. The molecule has 1 fully saturated rings. The summed E-state index contributed by atoms with van der Waals surface area (Å²) >= 11 is 7.46. The molecule has 3 heterocycles. The average Bonchev–Trinajstić information content (AvgIpc) is 3.30. The van der Waals surface area contributed by atoms with Gasteiger partial charge in [0.15, 0.2) is 0 Å². The van der Waals surface area contributed by atoms with Crippen molar-refractivity contribution in [2.45, 2.75) is 39.7 Å². The Morgan fingerprint density at radius 2 is 2.15 bits per heavy atom. The molecule has 0 saturated carbocycles. The standard InChI is InChI=1S/C18H23ClN4O3S/c1-18(2,3)16(24)23-15(20-9-12-4-5-14(19)27-12)8-13(21-23)11-6-7-22(10-11)17(25)26/h4-5,8,11,20H,6-7,9-10H2,1-3H3,(H,25,26). The molecule has 1 aliphatic rings. The third-order valence-corrected chi connectivity index (χ3v) is 5.74. The fourth-order valence-corrected chi connectivity index (χ4v) is 4.02. The van der Waals surface area contributed by atoms with Crippen LogP contribution in [-0.2, 0) is 6.54 Å². The number of hydrogen-bond acceptors (Lipinski definition) is 5. The summed E-state index contributed by atoms with van der Waals surface area (Å²) in [5.74, 6) is 0.489. The molecule has 2 aromatic heterocycles. The SMILES string of the molecule is CC(C)(C)C(=O)n1nc(C2CCN(C(=O)O)C2)cc1NCc1ccc(Cl)s1. The molecule has 7 nitrogen and oxygen atoms in total. The second-order valence-electron chi connectivity index (χ2n) is 7.69. The van der Waals surface area contributed by atoms with E-state index in [1.165, 1.54) is 20.9 Å². The Bertz CT molecular complexity index is 855. The number of carbonyl (C=O) groups is 2. The van der Waals surface area contributed by atoms with Crippen LogP contribution in [0.3, 0.4) is 0 Å². The van der Waals surface area contributed by atoms with Crippen LogP contribution in [0, 0.1) is 5.41 Å². The van der Waals surface area contributed by atoms with Gasteiger partial charge in [0.05, 0.1) is 16.6 Å². The lowest BCUT2D eigenvalue weighted by molar-refractivity contribution is 0.0751. The van der Waals surface area contributed by atoms with Crippen LogP contribution in [0.15, 0.2) is 18.2 Å². The van der Waals surface area contributed by atoms with Crippen LogP contribution in [0.25, 0.3) is 0 Å². The van der Waals surface area contributed by atoms with Gasteiger partial charge in [-0.15, -0.1) is 11.3 Å². The largest absolute Gasteiger partial charge is 0.465 e. The first-order valence-electron chi connectivity index (χ1n) is 8.76. The fourth-order valence-electron chi connectivity index (χ4n) is 3.00. The number of thiophene rings is 1. The van der Waals surface area contributed by atoms with Crippen LogP contribution in [0.4, 0.5) is 10.6 Å². The maximum absolute atomic E-state index is 12.8. The molecule has 1 atom stereocenters. The summed E-state index contributed by atoms with van der Waals surface area (Å²) < 4.78 is 2.13. The second kappa shape index (κ2) is 7.52. The topological polar surface area (TPSA) is 87.5 Å². The predicted molar refractivity (Wildman–Crippen MR) is 106 cm³/mol. The van der Waals surface area contributed by atoms with E-state index < -0.39 is 11.5 Å². The quantitative estimate of drug-likeness (QED) is 0.781. The molecule has 1 unspecified atom stereocenters. The van der Waals surface area contributed by atoms with Gasteiger partial charge in [-0.05, 0) is 18.6 Å². The van der Waals surface area contributed by atoms with E-state index in [1.54, 1.807) is 0 Å². The minimum atomic E-state index is -0.921. The van der Waals surface area contributed by atoms with Gasteiger partial charge in [0, 0.05) is 35.4 Å². The van der Waals surface area contributed by atoms with Crippen molar-refractivity contribution in [2.75, 3.05) is 18.4 Å². The van der Waals surface area contributed by atoms with Crippen molar-refractivity contribution >= 4 is 40.8 Å². The number of likely N-dealkylation sites (tertiary alicyclic amines) is 1. The molecular formula is C18H23ClN4O3S. The lowest BCUT2D eigenvalue weighted by Crippen LogP contribution is -2.29. The van der Waals surface area contributed by atoms with Gasteiger partial charge < -0.3 is 15.3 Å². The molecule has 9 heteroatoms. The first kappa shape index (κ1) is 19.7. The Hall–Kier alpha value is -2.06. The van der Waals surface area contributed by atoms with E-state index >= 15 is 0 Å². The van der Waals surface area contributed by atoms with Gasteiger partial charge >= 0.3 is 6.09 Å². The molecule has 0 bridgehead atoms. The number of aromatic nitrogens is 2. The van der Waals surface area contributed by atoms with E-state index in [1.807, 2.05) is 39.0 Å². The van der Waals surface area contributed by atoms with Gasteiger partial charge in [0.2, 0.25) is 0 Å². The third-order valence-electron chi connectivity index (χ3n) is 4.51. The van der Waals surface area contributed by atoms with Crippen LogP contribution >= 0.6 is 22.9 Å². The molecular weight excluding hydrogens is 388 g/mol. The van der Waals surface area contributed by atoms with E-state index in [9.17, 15) is 9.59 Å². The third kappa shape index (κ3) is 4.44. The summed E-state index contributed by atoms with van der Waals surface area (Å²) in [6.07, 6.45) is -0.219. The lowest BCUT2D eigenvalue weighted by atomic mass is 9.96. The molecule has 0 radical (unpaired) electrons. The van der Waals surface area contributed by atoms with E-state index in [0.29, 0.717) is 36.2 Å². The first-order valence-corrected chi connectivity index (χ1v) is 9.95. The maximum Gasteiger partial charge on any atom is 0.407 e. The molecule has 27 heavy (non-hydrogen) atoms. The molecule has 1 saturated heterocycles. The number of hydrogen-bond donors (Lipinski definition) is 2. The van der Waals surface area contributed by atoms with Gasteiger partial charge in [-0.3, -0.25) is 4.79 Å². The van der Waals surface area contributed by atoms with Gasteiger partial charge in [-0.25, -0.2) is 4.79 Å². The van der Waals surface area contributed by atoms with Crippen molar-refractivity contribution in [3.05, 3.63) is 33.1 Å². The molecule has 3 rings (SSSR count). The minimum Gasteiger partial charge on any atom is -0.465 e. The molecule has 146 valence electrons. The number of carboxylic acid groups (broad SMARTS) is 1. The lowest BCUT2D eigenvalue weighted by Gasteiger charge is -2.18. The highest BCUT2D eigenvalue weighted by molar-refractivity contribution is 7.16. The summed E-state index contributed by atoms with van der Waals surface area (Å²) in [7, 11) is 0. The summed E-state index contributed by atoms with van der Waals surface area (Å²) in [5, 5.41) is 17.0. The van der Waals surface area contributed by atoms with E-state index in [0.717, 1.165) is 10.6 Å². The van der Waals surface area contributed by atoms with Crippen molar-refractivity contribution in [3.63, 3.8) is 0 Å². The van der Waals surface area contributed by atoms with Crippen LogP contribution < -0.4 is 5.32 Å². The average molecular weight is 411 g/mol. The number of rotatable bonds is 4. The molecule has 0 aromatic carbocycles. The van der Waals surface area contributed by atoms with Crippen LogP contribution in [0.2, 0.25) is 4.34 Å². The van der Waals surface area contributed by atoms with Crippen molar-refractivity contribution in [1.82, 2.24) is 14.7 Å². The van der Waals surface area contributed by atoms with Gasteiger partial charge in [0.1, 0.15) is 5.82 Å². The van der Waals surface area contributed by atoms with Gasteiger partial charge in [-0.2, -0.15) is 9.78 Å². The molecule has 2 aromatic rings. The zero-order valence-electron chi connectivity index (χ0n) is 15.5. The Labute approximate surface area is 166 Å². The highest BCUT2D eigenvalue weighted by Crippen LogP contribution is 2.30. The molecule has 2 N–H and O–H groups in total. The zero-order chi connectivity index (χ0) is 19.8.